The smallest absolute Gasteiger partial charge is 0.205 e. The molecule has 3 aliphatic carbocycles. The molecule has 4 rings (SSSR count). The van der Waals surface area contributed by atoms with Gasteiger partial charge in [0.15, 0.2) is 0 Å². The topological polar surface area (TPSA) is 38.2 Å². The molecule has 3 aliphatic rings. The molecular weight excluding hydrogens is 270 g/mol. The number of nitrogens with zero attached hydrogens (tertiary/aromatic N) is 3. The van der Waals surface area contributed by atoms with Crippen molar-refractivity contribution >= 4 is 16.7 Å². The molecule has 4 nitrogen and oxygen atoms in total. The highest BCUT2D eigenvalue weighted by Crippen LogP contribution is 2.59. The maximum Gasteiger partial charge on any atom is 0.205 e. The first-order chi connectivity index (χ1) is 9.74. The average molecular weight is 293 g/mol. The average Bonchev–Trinajstić information content (AvgIpc) is 3.09. The lowest BCUT2D eigenvalue weighted by atomic mass is 9.50. The van der Waals surface area contributed by atoms with Crippen molar-refractivity contribution in [2.75, 3.05) is 18.6 Å². The lowest BCUT2D eigenvalue weighted by molar-refractivity contribution is -0.163. The molecule has 3 fully saturated rings. The zero-order chi connectivity index (χ0) is 13.7. The molecule has 0 N–H and O–H groups in total. The normalized spacial score (nSPS) is 30.9. The van der Waals surface area contributed by atoms with Crippen molar-refractivity contribution < 1.29 is 4.74 Å². The molecule has 5 heteroatoms. The summed E-state index contributed by atoms with van der Waals surface area (Å²) in [5.41, 5.74) is 0.413. The van der Waals surface area contributed by atoms with Gasteiger partial charge in [-0.1, -0.05) is 6.42 Å². The van der Waals surface area contributed by atoms with Crippen LogP contribution in [-0.2, 0) is 4.74 Å². The van der Waals surface area contributed by atoms with Crippen LogP contribution in [0, 0.1) is 5.41 Å². The summed E-state index contributed by atoms with van der Waals surface area (Å²) in [4.78, 5) is 7.15. The van der Waals surface area contributed by atoms with Crippen LogP contribution in [-0.4, -0.2) is 35.2 Å². The predicted molar refractivity (Wildman–Crippen MR) is 80.4 cm³/mol. The van der Waals surface area contributed by atoms with Crippen molar-refractivity contribution in [3.05, 3.63) is 5.82 Å². The summed E-state index contributed by atoms with van der Waals surface area (Å²) in [5.74, 6) is 1.74. The molecule has 1 heterocycles. The Hall–Kier alpha value is -0.680. The molecule has 3 saturated carbocycles. The number of hydrogen-bond donors (Lipinski definition) is 0. The third-order valence-electron chi connectivity index (χ3n) is 5.54. The highest BCUT2D eigenvalue weighted by atomic mass is 32.1. The number of anilines is 1. The second kappa shape index (κ2) is 4.67. The SMILES string of the molecule is CCOC1CC(N(C)c2nc(C3CC3)ns2)C12CCC2. The highest BCUT2D eigenvalue weighted by molar-refractivity contribution is 7.09. The van der Waals surface area contributed by atoms with Gasteiger partial charge in [0.1, 0.15) is 5.82 Å². The monoisotopic (exact) mass is 293 g/mol. The minimum atomic E-state index is 0.413. The quantitative estimate of drug-likeness (QED) is 0.835. The Morgan fingerprint density at radius 2 is 2.20 bits per heavy atom. The van der Waals surface area contributed by atoms with Gasteiger partial charge in [0.2, 0.25) is 5.13 Å². The van der Waals surface area contributed by atoms with Gasteiger partial charge in [0.05, 0.1) is 6.10 Å². The first kappa shape index (κ1) is 13.0. The van der Waals surface area contributed by atoms with E-state index in [1.165, 1.54) is 32.1 Å². The largest absolute Gasteiger partial charge is 0.378 e. The van der Waals surface area contributed by atoms with E-state index in [0.717, 1.165) is 24.0 Å². The second-order valence-electron chi connectivity index (χ2n) is 6.60. The first-order valence-electron chi connectivity index (χ1n) is 7.92. The van der Waals surface area contributed by atoms with Gasteiger partial charge in [0.25, 0.3) is 0 Å². The van der Waals surface area contributed by atoms with Crippen LogP contribution in [0.15, 0.2) is 0 Å². The molecule has 0 amide bonds. The summed E-state index contributed by atoms with van der Waals surface area (Å²) in [6.07, 6.45) is 8.19. The summed E-state index contributed by atoms with van der Waals surface area (Å²) in [6, 6.07) is 0.604. The third-order valence-corrected chi connectivity index (χ3v) is 6.36. The lowest BCUT2D eigenvalue weighted by Crippen LogP contribution is -2.67. The lowest BCUT2D eigenvalue weighted by Gasteiger charge is -2.63. The van der Waals surface area contributed by atoms with Crippen LogP contribution in [0.5, 0.6) is 0 Å². The van der Waals surface area contributed by atoms with E-state index in [2.05, 4.69) is 23.2 Å². The van der Waals surface area contributed by atoms with Crippen LogP contribution < -0.4 is 4.90 Å². The van der Waals surface area contributed by atoms with Crippen molar-refractivity contribution in [2.24, 2.45) is 5.41 Å². The minimum absolute atomic E-state index is 0.413. The second-order valence-corrected chi connectivity index (χ2v) is 7.33. The molecular formula is C15H23N3OS. The van der Waals surface area contributed by atoms with Crippen molar-refractivity contribution in [1.82, 2.24) is 9.36 Å². The van der Waals surface area contributed by atoms with Gasteiger partial charge in [-0.15, -0.1) is 0 Å². The zero-order valence-electron chi connectivity index (χ0n) is 12.3. The minimum Gasteiger partial charge on any atom is -0.378 e. The van der Waals surface area contributed by atoms with E-state index in [1.54, 1.807) is 11.5 Å². The van der Waals surface area contributed by atoms with E-state index < -0.39 is 0 Å². The summed E-state index contributed by atoms with van der Waals surface area (Å²) in [6.45, 7) is 2.95. The number of ether oxygens (including phenoxy) is 1. The standard InChI is InChI=1S/C15H23N3OS/c1-3-19-12-9-11(15(12)7-4-8-15)18(2)14-16-13(17-20-14)10-5-6-10/h10-12H,3-9H2,1-2H3. The molecule has 0 bridgehead atoms. The fourth-order valence-electron chi connectivity index (χ4n) is 3.96. The van der Waals surface area contributed by atoms with Gasteiger partial charge in [-0.25, -0.2) is 4.98 Å². The molecule has 0 aliphatic heterocycles. The molecule has 0 aromatic carbocycles. The fourth-order valence-corrected chi connectivity index (χ4v) is 4.71. The molecule has 20 heavy (non-hydrogen) atoms. The predicted octanol–water partition coefficient (Wildman–Crippen LogP) is 3.20. The van der Waals surface area contributed by atoms with Crippen LogP contribution in [0.1, 0.15) is 57.2 Å². The Morgan fingerprint density at radius 1 is 1.40 bits per heavy atom. The van der Waals surface area contributed by atoms with Gasteiger partial charge in [-0.2, -0.15) is 4.37 Å². The molecule has 110 valence electrons. The Balaban J connectivity index is 1.49. The number of rotatable bonds is 5. The van der Waals surface area contributed by atoms with Crippen LogP contribution in [0.2, 0.25) is 0 Å². The fraction of sp³-hybridized carbons (Fsp3) is 0.867. The Kier molecular flexibility index (Phi) is 3.04. The van der Waals surface area contributed by atoms with E-state index >= 15 is 0 Å². The van der Waals surface area contributed by atoms with Crippen LogP contribution >= 0.6 is 11.5 Å². The van der Waals surface area contributed by atoms with Crippen molar-refractivity contribution in [2.45, 2.75) is 63.5 Å². The Morgan fingerprint density at radius 3 is 2.80 bits per heavy atom. The van der Waals surface area contributed by atoms with E-state index in [1.807, 2.05) is 0 Å². The van der Waals surface area contributed by atoms with Gasteiger partial charge < -0.3 is 9.64 Å². The van der Waals surface area contributed by atoms with Crippen molar-refractivity contribution in [1.29, 1.82) is 0 Å². The van der Waals surface area contributed by atoms with Crippen molar-refractivity contribution in [3.63, 3.8) is 0 Å². The summed E-state index contributed by atoms with van der Waals surface area (Å²) >= 11 is 1.58. The number of hydrogen-bond acceptors (Lipinski definition) is 5. The van der Waals surface area contributed by atoms with Crippen LogP contribution in [0.25, 0.3) is 0 Å². The molecule has 2 atom stereocenters. The maximum absolute atomic E-state index is 5.95. The number of aromatic nitrogens is 2. The van der Waals surface area contributed by atoms with Gasteiger partial charge in [-0.3, -0.25) is 0 Å². The molecule has 1 aromatic rings. The van der Waals surface area contributed by atoms with E-state index in [0.29, 0.717) is 23.5 Å². The van der Waals surface area contributed by atoms with Gasteiger partial charge in [-0.05, 0) is 39.0 Å². The van der Waals surface area contributed by atoms with E-state index in [4.69, 9.17) is 9.72 Å². The Bertz CT molecular complexity index is 495. The molecule has 0 saturated heterocycles. The molecule has 1 aromatic heterocycles. The third kappa shape index (κ3) is 1.82. The van der Waals surface area contributed by atoms with E-state index in [9.17, 15) is 0 Å². The van der Waals surface area contributed by atoms with Gasteiger partial charge >= 0.3 is 0 Å². The van der Waals surface area contributed by atoms with Crippen LogP contribution in [0.4, 0.5) is 5.13 Å². The van der Waals surface area contributed by atoms with Crippen molar-refractivity contribution in [3.8, 4) is 0 Å². The first-order valence-corrected chi connectivity index (χ1v) is 8.70. The molecule has 0 radical (unpaired) electrons. The molecule has 1 spiro atoms. The van der Waals surface area contributed by atoms with E-state index in [-0.39, 0.29) is 0 Å². The Labute approximate surface area is 124 Å². The molecule has 2 unspecified atom stereocenters. The summed E-state index contributed by atoms with van der Waals surface area (Å²) in [7, 11) is 2.20. The van der Waals surface area contributed by atoms with Crippen LogP contribution in [0.3, 0.4) is 0 Å². The maximum atomic E-state index is 5.95. The summed E-state index contributed by atoms with van der Waals surface area (Å²) < 4.78 is 10.5. The van der Waals surface area contributed by atoms with Gasteiger partial charge in [0, 0.05) is 42.6 Å². The summed E-state index contributed by atoms with van der Waals surface area (Å²) in [5, 5.41) is 1.11. The zero-order valence-corrected chi connectivity index (χ0v) is 13.2. The highest BCUT2D eigenvalue weighted by Gasteiger charge is 2.60.